The third kappa shape index (κ3) is 4.83. The van der Waals surface area contributed by atoms with Crippen LogP contribution in [0.5, 0.6) is 5.75 Å². The first kappa shape index (κ1) is 19.6. The molecule has 0 saturated heterocycles. The van der Waals surface area contributed by atoms with E-state index in [1.54, 1.807) is 19.5 Å². The number of hydrogen-bond donors (Lipinski definition) is 4. The molecule has 1 aliphatic carbocycles. The van der Waals surface area contributed by atoms with Gasteiger partial charge in [-0.3, -0.25) is 5.10 Å². The zero-order valence-electron chi connectivity index (χ0n) is 16.7. The summed E-state index contributed by atoms with van der Waals surface area (Å²) in [6.07, 6.45) is 10.4. The molecule has 1 aliphatic heterocycles. The lowest BCUT2D eigenvalue weighted by atomic mass is 9.98. The summed E-state index contributed by atoms with van der Waals surface area (Å²) < 4.78 is 5.50. The molecule has 0 atom stereocenters. The van der Waals surface area contributed by atoms with Crippen LogP contribution in [0.3, 0.4) is 0 Å². The van der Waals surface area contributed by atoms with E-state index in [1.807, 2.05) is 0 Å². The van der Waals surface area contributed by atoms with Crippen molar-refractivity contribution in [1.29, 1.82) is 0 Å². The lowest BCUT2D eigenvalue weighted by molar-refractivity contribution is 0.130. The smallest absolute Gasteiger partial charge is 0.229 e. The minimum atomic E-state index is 0.0359. The number of nitrogens with one attached hydrogen (secondary N) is 3. The predicted molar refractivity (Wildman–Crippen MR) is 112 cm³/mol. The van der Waals surface area contributed by atoms with Gasteiger partial charge in [-0.2, -0.15) is 10.1 Å². The van der Waals surface area contributed by atoms with Crippen molar-refractivity contribution in [2.75, 3.05) is 19.0 Å². The van der Waals surface area contributed by atoms with E-state index in [1.165, 1.54) is 30.4 Å². The van der Waals surface area contributed by atoms with Crippen LogP contribution in [0.4, 0.5) is 11.6 Å². The van der Waals surface area contributed by atoms with E-state index in [-0.39, 0.29) is 6.10 Å². The summed E-state index contributed by atoms with van der Waals surface area (Å²) >= 11 is 0. The molecule has 8 heteroatoms. The normalized spacial score (nSPS) is 16.6. The lowest BCUT2D eigenvalue weighted by Gasteiger charge is -2.20. The molecule has 2 aliphatic rings. The highest BCUT2D eigenvalue weighted by Gasteiger charge is 2.14. The van der Waals surface area contributed by atoms with Crippen molar-refractivity contribution in [3.05, 3.63) is 35.7 Å². The molecule has 154 valence electrons. The quantitative estimate of drug-likeness (QED) is 0.539. The van der Waals surface area contributed by atoms with Crippen molar-refractivity contribution in [3.8, 4) is 5.75 Å². The maximum absolute atomic E-state index is 8.91. The monoisotopic (exact) mass is 396 g/mol. The molecule has 0 radical (unpaired) electrons. The molecule has 0 spiro atoms. The number of benzene rings is 1. The van der Waals surface area contributed by atoms with E-state index in [0.717, 1.165) is 49.2 Å². The van der Waals surface area contributed by atoms with E-state index in [4.69, 9.17) is 9.84 Å². The summed E-state index contributed by atoms with van der Waals surface area (Å²) in [7, 11) is 1.67. The molecule has 0 bridgehead atoms. The van der Waals surface area contributed by atoms with Gasteiger partial charge in [0.25, 0.3) is 0 Å². The standard InChI is InChI=1S/C15H16N6O.C6H12O/c1-22-13-5-9-2-3-16-6-10(9)4-12(13)19-15-17-7-11-8-18-21-14(11)20-15;7-6-4-2-1-3-5-6/h4-5,7-8,16H,2-3,6H2,1H3,(H2,17,18,19,20,21);6-7H,1-5H2. The molecule has 29 heavy (non-hydrogen) atoms. The summed E-state index contributed by atoms with van der Waals surface area (Å²) in [4.78, 5) is 8.71. The van der Waals surface area contributed by atoms with Gasteiger partial charge in [-0.25, -0.2) is 4.98 Å². The van der Waals surface area contributed by atoms with E-state index < -0.39 is 0 Å². The average Bonchev–Trinajstić information content (AvgIpc) is 3.22. The number of rotatable bonds is 3. The Hall–Kier alpha value is -2.71. The molecule has 8 nitrogen and oxygen atoms in total. The van der Waals surface area contributed by atoms with Crippen LogP contribution in [0, 0.1) is 0 Å². The Morgan fingerprint density at radius 1 is 1.14 bits per heavy atom. The second kappa shape index (κ2) is 9.19. The largest absolute Gasteiger partial charge is 0.495 e. The Bertz CT molecular complexity index is 951. The summed E-state index contributed by atoms with van der Waals surface area (Å²) in [5.41, 5.74) is 4.17. The van der Waals surface area contributed by atoms with E-state index in [9.17, 15) is 0 Å². The number of aliphatic hydroxyl groups is 1. The first-order chi connectivity index (χ1) is 14.2. The van der Waals surface area contributed by atoms with Gasteiger partial charge in [0.1, 0.15) is 5.75 Å². The molecule has 1 saturated carbocycles. The van der Waals surface area contributed by atoms with Gasteiger partial charge in [-0.1, -0.05) is 19.3 Å². The highest BCUT2D eigenvalue weighted by atomic mass is 16.5. The highest BCUT2D eigenvalue weighted by Crippen LogP contribution is 2.31. The van der Waals surface area contributed by atoms with Crippen molar-refractivity contribution < 1.29 is 9.84 Å². The molecular formula is C21H28N6O2. The fourth-order valence-corrected chi connectivity index (χ4v) is 3.78. The number of nitrogens with zero attached hydrogens (tertiary/aromatic N) is 3. The van der Waals surface area contributed by atoms with Gasteiger partial charge < -0.3 is 20.5 Å². The maximum Gasteiger partial charge on any atom is 0.229 e. The summed E-state index contributed by atoms with van der Waals surface area (Å²) in [6, 6.07) is 4.19. The SMILES string of the molecule is COc1cc2c(cc1Nc1ncc3cn[nH]c3n1)CNCC2.OC1CCCCC1. The Morgan fingerprint density at radius 2 is 2.00 bits per heavy atom. The molecular weight excluding hydrogens is 368 g/mol. The molecule has 2 aromatic heterocycles. The number of aromatic amines is 1. The number of aromatic nitrogens is 4. The molecule has 1 fully saturated rings. The second-order valence-electron chi connectivity index (χ2n) is 7.53. The predicted octanol–water partition coefficient (Wildman–Crippen LogP) is 3.06. The topological polar surface area (TPSA) is 108 Å². The first-order valence-electron chi connectivity index (χ1n) is 10.2. The van der Waals surface area contributed by atoms with Crippen molar-refractivity contribution in [2.24, 2.45) is 0 Å². The number of anilines is 2. The van der Waals surface area contributed by atoms with E-state index in [0.29, 0.717) is 11.6 Å². The highest BCUT2D eigenvalue weighted by molar-refractivity contribution is 5.75. The third-order valence-corrected chi connectivity index (χ3v) is 5.42. The van der Waals surface area contributed by atoms with Crippen LogP contribution in [0.25, 0.3) is 11.0 Å². The number of hydrogen-bond acceptors (Lipinski definition) is 7. The maximum atomic E-state index is 8.91. The molecule has 0 unspecified atom stereocenters. The van der Waals surface area contributed by atoms with Gasteiger partial charge in [-0.15, -0.1) is 0 Å². The fourth-order valence-electron chi connectivity index (χ4n) is 3.78. The van der Waals surface area contributed by atoms with Gasteiger partial charge in [-0.05, 0) is 49.1 Å². The van der Waals surface area contributed by atoms with E-state index in [2.05, 4.69) is 42.9 Å². The Labute approximate surface area is 170 Å². The van der Waals surface area contributed by atoms with Gasteiger partial charge in [0, 0.05) is 12.7 Å². The van der Waals surface area contributed by atoms with Crippen molar-refractivity contribution in [3.63, 3.8) is 0 Å². The van der Waals surface area contributed by atoms with Gasteiger partial charge in [0.2, 0.25) is 5.95 Å². The zero-order chi connectivity index (χ0) is 20.1. The molecule has 0 amide bonds. The zero-order valence-corrected chi connectivity index (χ0v) is 16.7. The molecule has 3 heterocycles. The van der Waals surface area contributed by atoms with Crippen LogP contribution < -0.4 is 15.4 Å². The third-order valence-electron chi connectivity index (χ3n) is 5.42. The molecule has 3 aromatic rings. The van der Waals surface area contributed by atoms with E-state index >= 15 is 0 Å². The lowest BCUT2D eigenvalue weighted by Crippen LogP contribution is -2.23. The molecule has 4 N–H and O–H groups in total. The van der Waals surface area contributed by atoms with Crippen LogP contribution >= 0.6 is 0 Å². The Balaban J connectivity index is 0.000000249. The summed E-state index contributed by atoms with van der Waals surface area (Å²) in [5, 5.41) is 23.2. The van der Waals surface area contributed by atoms with Crippen molar-refractivity contribution >= 4 is 22.7 Å². The van der Waals surface area contributed by atoms with Crippen molar-refractivity contribution in [2.45, 2.75) is 51.2 Å². The van der Waals surface area contributed by atoms with Gasteiger partial charge >= 0.3 is 0 Å². The first-order valence-corrected chi connectivity index (χ1v) is 10.2. The number of H-pyrrole nitrogens is 1. The van der Waals surface area contributed by atoms with Crippen LogP contribution in [-0.4, -0.2) is 45.0 Å². The van der Waals surface area contributed by atoms with Gasteiger partial charge in [0.05, 0.1) is 30.5 Å². The minimum Gasteiger partial charge on any atom is -0.495 e. The number of aliphatic hydroxyl groups excluding tert-OH is 1. The summed E-state index contributed by atoms with van der Waals surface area (Å²) in [5.74, 6) is 1.31. The summed E-state index contributed by atoms with van der Waals surface area (Å²) in [6.45, 7) is 1.87. The van der Waals surface area contributed by atoms with Crippen LogP contribution in [-0.2, 0) is 13.0 Å². The number of methoxy groups -OCH3 is 1. The Morgan fingerprint density at radius 3 is 2.76 bits per heavy atom. The number of fused-ring (bicyclic) bond motifs is 2. The minimum absolute atomic E-state index is 0.0359. The van der Waals surface area contributed by atoms with Gasteiger partial charge in [0.15, 0.2) is 5.65 Å². The molecule has 1 aromatic carbocycles. The van der Waals surface area contributed by atoms with Crippen LogP contribution in [0.2, 0.25) is 0 Å². The second-order valence-corrected chi connectivity index (χ2v) is 7.53. The Kier molecular flexibility index (Phi) is 6.21. The number of ether oxygens (including phenoxy) is 1. The fraction of sp³-hybridized carbons (Fsp3) is 0.476. The molecule has 5 rings (SSSR count). The van der Waals surface area contributed by atoms with Crippen LogP contribution in [0.1, 0.15) is 43.2 Å². The average molecular weight is 396 g/mol. The van der Waals surface area contributed by atoms with Crippen LogP contribution in [0.15, 0.2) is 24.5 Å². The van der Waals surface area contributed by atoms with Crippen molar-refractivity contribution in [1.82, 2.24) is 25.5 Å².